The van der Waals surface area contributed by atoms with Crippen LogP contribution < -0.4 is 0 Å². The summed E-state index contributed by atoms with van der Waals surface area (Å²) in [5, 5.41) is 0. The first-order valence-corrected chi connectivity index (χ1v) is 8.34. The first-order valence-electron chi connectivity index (χ1n) is 7.42. The molecule has 108 valence electrons. The highest BCUT2D eigenvalue weighted by Crippen LogP contribution is 2.25. The minimum Gasteiger partial charge on any atom is -0.337 e. The number of hydrogen-bond donors (Lipinski definition) is 0. The lowest BCUT2D eigenvalue weighted by Crippen LogP contribution is -2.48. The largest absolute Gasteiger partial charge is 0.337 e. The van der Waals surface area contributed by atoms with Crippen LogP contribution in [0.2, 0.25) is 0 Å². The van der Waals surface area contributed by atoms with Crippen molar-refractivity contribution < 1.29 is 4.79 Å². The third kappa shape index (κ3) is 3.23. The van der Waals surface area contributed by atoms with Crippen LogP contribution >= 0.6 is 15.9 Å². The summed E-state index contributed by atoms with van der Waals surface area (Å²) >= 11 is 3.58. The smallest absolute Gasteiger partial charge is 0.224 e. The molecule has 0 aromatic heterocycles. The van der Waals surface area contributed by atoms with Crippen LogP contribution in [-0.4, -0.2) is 46.2 Å². The quantitative estimate of drug-likeness (QED) is 0.792. The maximum absolute atomic E-state index is 12.0. The van der Waals surface area contributed by atoms with E-state index in [1.165, 1.54) is 12.0 Å². The summed E-state index contributed by atoms with van der Waals surface area (Å²) < 4.78 is 0. The lowest BCUT2D eigenvalue weighted by molar-refractivity contribution is -0.130. The number of amides is 1. The van der Waals surface area contributed by atoms with Gasteiger partial charge in [-0.05, 0) is 24.9 Å². The van der Waals surface area contributed by atoms with E-state index in [9.17, 15) is 4.79 Å². The molecule has 4 heteroatoms. The molecule has 2 unspecified atom stereocenters. The molecule has 0 spiro atoms. The molecule has 0 bridgehead atoms. The lowest BCUT2D eigenvalue weighted by Gasteiger charge is -2.37. The summed E-state index contributed by atoms with van der Waals surface area (Å²) in [6.07, 6.45) is 3.00. The number of likely N-dealkylation sites (tertiary alicyclic amines) is 2. The molecule has 2 heterocycles. The van der Waals surface area contributed by atoms with Crippen molar-refractivity contribution in [1.82, 2.24) is 9.80 Å². The average Bonchev–Trinajstić information content (AvgIpc) is 2.79. The van der Waals surface area contributed by atoms with Crippen molar-refractivity contribution in [1.29, 1.82) is 0 Å². The molecule has 0 radical (unpaired) electrons. The predicted octanol–water partition coefficient (Wildman–Crippen LogP) is 2.65. The highest BCUT2D eigenvalue weighted by Gasteiger charge is 2.35. The molecule has 1 amide bonds. The SMILES string of the molecule is O=C1CC(Br)CN1C1CCCN(Cc2ccccc2)C1. The van der Waals surface area contributed by atoms with Crippen molar-refractivity contribution >= 4 is 21.8 Å². The summed E-state index contributed by atoms with van der Waals surface area (Å²) in [6, 6.07) is 11.0. The van der Waals surface area contributed by atoms with E-state index in [0.717, 1.165) is 32.6 Å². The van der Waals surface area contributed by atoms with Crippen LogP contribution in [-0.2, 0) is 11.3 Å². The molecule has 2 aliphatic heterocycles. The van der Waals surface area contributed by atoms with Gasteiger partial charge < -0.3 is 4.90 Å². The molecular weight excluding hydrogens is 316 g/mol. The molecule has 0 N–H and O–H groups in total. The molecule has 0 saturated carbocycles. The van der Waals surface area contributed by atoms with Crippen molar-refractivity contribution in [3.8, 4) is 0 Å². The number of piperidine rings is 1. The van der Waals surface area contributed by atoms with E-state index in [4.69, 9.17) is 0 Å². The molecule has 3 nitrogen and oxygen atoms in total. The fourth-order valence-electron chi connectivity index (χ4n) is 3.31. The first kappa shape index (κ1) is 14.1. The highest BCUT2D eigenvalue weighted by molar-refractivity contribution is 9.09. The summed E-state index contributed by atoms with van der Waals surface area (Å²) in [5.74, 6) is 0.318. The zero-order valence-electron chi connectivity index (χ0n) is 11.7. The standard InChI is InChI=1S/C16H21BrN2O/c17-14-9-16(20)19(11-14)15-7-4-8-18(12-15)10-13-5-2-1-3-6-13/h1-3,5-6,14-15H,4,7-12H2. The van der Waals surface area contributed by atoms with Crippen LogP contribution in [0.5, 0.6) is 0 Å². The Morgan fingerprint density at radius 2 is 2.00 bits per heavy atom. The second kappa shape index (κ2) is 6.27. The molecule has 1 aromatic rings. The molecule has 2 aliphatic rings. The summed E-state index contributed by atoms with van der Waals surface area (Å²) in [6.45, 7) is 4.03. The Bertz CT molecular complexity index is 465. The maximum Gasteiger partial charge on any atom is 0.224 e. The van der Waals surface area contributed by atoms with Crippen molar-refractivity contribution in [2.45, 2.75) is 36.7 Å². The number of rotatable bonds is 3. The Balaban J connectivity index is 1.61. The third-order valence-corrected chi connectivity index (χ3v) is 4.89. The molecule has 2 fully saturated rings. The Morgan fingerprint density at radius 3 is 2.70 bits per heavy atom. The van der Waals surface area contributed by atoms with E-state index >= 15 is 0 Å². The molecule has 0 aliphatic carbocycles. The number of hydrogen-bond acceptors (Lipinski definition) is 2. The van der Waals surface area contributed by atoms with Gasteiger partial charge in [-0.25, -0.2) is 0 Å². The predicted molar refractivity (Wildman–Crippen MR) is 83.8 cm³/mol. The number of carbonyl (C=O) groups excluding carboxylic acids is 1. The van der Waals surface area contributed by atoms with Gasteiger partial charge in [0, 0.05) is 36.9 Å². The molecular formula is C16H21BrN2O. The van der Waals surface area contributed by atoms with Gasteiger partial charge in [-0.1, -0.05) is 46.3 Å². The van der Waals surface area contributed by atoms with Crippen molar-refractivity contribution in [3.05, 3.63) is 35.9 Å². The van der Waals surface area contributed by atoms with Crippen LogP contribution in [0.15, 0.2) is 30.3 Å². The van der Waals surface area contributed by atoms with Gasteiger partial charge in [-0.15, -0.1) is 0 Å². The number of carbonyl (C=O) groups is 1. The van der Waals surface area contributed by atoms with Crippen LogP contribution in [0.25, 0.3) is 0 Å². The summed E-state index contributed by atoms with van der Waals surface area (Å²) in [7, 11) is 0. The molecule has 20 heavy (non-hydrogen) atoms. The number of alkyl halides is 1. The Labute approximate surface area is 129 Å². The van der Waals surface area contributed by atoms with Crippen LogP contribution in [0, 0.1) is 0 Å². The van der Waals surface area contributed by atoms with Gasteiger partial charge in [0.1, 0.15) is 0 Å². The van der Waals surface area contributed by atoms with Crippen LogP contribution in [0.3, 0.4) is 0 Å². The van der Waals surface area contributed by atoms with Gasteiger partial charge >= 0.3 is 0 Å². The van der Waals surface area contributed by atoms with Crippen molar-refractivity contribution in [2.75, 3.05) is 19.6 Å². The normalized spacial score (nSPS) is 28.1. The molecule has 3 rings (SSSR count). The average molecular weight is 337 g/mol. The number of halogens is 1. The summed E-state index contributed by atoms with van der Waals surface area (Å²) in [5.41, 5.74) is 1.36. The van der Waals surface area contributed by atoms with E-state index in [1.54, 1.807) is 0 Å². The zero-order chi connectivity index (χ0) is 13.9. The third-order valence-electron chi connectivity index (χ3n) is 4.28. The van der Waals surface area contributed by atoms with Gasteiger partial charge in [0.15, 0.2) is 0 Å². The Morgan fingerprint density at radius 1 is 1.20 bits per heavy atom. The number of benzene rings is 1. The minimum atomic E-state index is 0.318. The Hall–Kier alpha value is -0.870. The van der Waals surface area contributed by atoms with Crippen molar-refractivity contribution in [2.24, 2.45) is 0 Å². The second-order valence-electron chi connectivity index (χ2n) is 5.86. The van der Waals surface area contributed by atoms with E-state index < -0.39 is 0 Å². The monoisotopic (exact) mass is 336 g/mol. The topological polar surface area (TPSA) is 23.6 Å². The minimum absolute atomic E-state index is 0.318. The van der Waals surface area contributed by atoms with E-state index in [1.807, 2.05) is 0 Å². The first-order chi connectivity index (χ1) is 9.72. The van der Waals surface area contributed by atoms with Crippen molar-refractivity contribution in [3.63, 3.8) is 0 Å². The highest BCUT2D eigenvalue weighted by atomic mass is 79.9. The molecule has 2 atom stereocenters. The fraction of sp³-hybridized carbons (Fsp3) is 0.562. The summed E-state index contributed by atoms with van der Waals surface area (Å²) in [4.78, 5) is 17.0. The van der Waals surface area contributed by atoms with Gasteiger partial charge in [0.25, 0.3) is 0 Å². The van der Waals surface area contributed by atoms with Gasteiger partial charge in [-0.3, -0.25) is 9.69 Å². The van der Waals surface area contributed by atoms with E-state index in [2.05, 4.69) is 56.1 Å². The zero-order valence-corrected chi connectivity index (χ0v) is 13.3. The lowest BCUT2D eigenvalue weighted by atomic mass is 10.0. The molecule has 1 aromatic carbocycles. The second-order valence-corrected chi connectivity index (χ2v) is 7.16. The number of nitrogens with zero attached hydrogens (tertiary/aromatic N) is 2. The van der Waals surface area contributed by atoms with E-state index in [-0.39, 0.29) is 0 Å². The maximum atomic E-state index is 12.0. The fourth-order valence-corrected chi connectivity index (χ4v) is 3.90. The van der Waals surface area contributed by atoms with Gasteiger partial charge in [0.2, 0.25) is 5.91 Å². The van der Waals surface area contributed by atoms with Gasteiger partial charge in [-0.2, -0.15) is 0 Å². The van der Waals surface area contributed by atoms with Gasteiger partial charge in [0.05, 0.1) is 0 Å². The Kier molecular flexibility index (Phi) is 4.41. The molecule has 2 saturated heterocycles. The van der Waals surface area contributed by atoms with E-state index in [0.29, 0.717) is 23.2 Å². The van der Waals surface area contributed by atoms with Crippen LogP contribution in [0.4, 0.5) is 0 Å². The van der Waals surface area contributed by atoms with Crippen LogP contribution in [0.1, 0.15) is 24.8 Å².